The van der Waals surface area contributed by atoms with Gasteiger partial charge < -0.3 is 40.7 Å². The number of aliphatic carboxylic acids is 1. The minimum Gasteiger partial charge on any atom is -0.479 e. The zero-order valence-corrected chi connectivity index (χ0v) is 39.3. The van der Waals surface area contributed by atoms with E-state index in [0.29, 0.717) is 51.3 Å². The molecule has 2 atom stereocenters. The molecule has 0 bridgehead atoms. The molecule has 68 heavy (non-hydrogen) atoms. The van der Waals surface area contributed by atoms with Crippen molar-refractivity contribution >= 4 is 85.9 Å². The van der Waals surface area contributed by atoms with E-state index < -0.39 is 58.0 Å². The molecule has 4 aliphatic rings. The van der Waals surface area contributed by atoms with E-state index in [9.17, 15) is 47.1 Å². The smallest absolute Gasteiger partial charge is 0.349 e. The van der Waals surface area contributed by atoms with Crippen molar-refractivity contribution < 1.29 is 56.9 Å². The monoisotopic (exact) mass is 989 g/mol. The van der Waals surface area contributed by atoms with Crippen LogP contribution in [0.15, 0.2) is 66.7 Å². The molecule has 1 unspecified atom stereocenters. The van der Waals surface area contributed by atoms with Gasteiger partial charge in [-0.3, -0.25) is 24.5 Å². The first kappa shape index (κ1) is 47.9. The summed E-state index contributed by atoms with van der Waals surface area (Å²) < 4.78 is 34.7. The summed E-state index contributed by atoms with van der Waals surface area (Å²) in [7, 11) is -3.84. The van der Waals surface area contributed by atoms with Crippen molar-refractivity contribution in [2.75, 3.05) is 36.9 Å². The van der Waals surface area contributed by atoms with Crippen molar-refractivity contribution in [2.24, 2.45) is 5.92 Å². The lowest BCUT2D eigenvalue weighted by Gasteiger charge is -2.45. The molecule has 3 saturated heterocycles. The number of thiophene rings is 1. The van der Waals surface area contributed by atoms with E-state index in [1.165, 1.54) is 14.1 Å². The maximum Gasteiger partial charge on any atom is 0.349 e. The van der Waals surface area contributed by atoms with E-state index in [1.807, 2.05) is 19.9 Å². The first-order chi connectivity index (χ1) is 32.3. The van der Waals surface area contributed by atoms with Crippen LogP contribution in [0.3, 0.4) is 0 Å². The summed E-state index contributed by atoms with van der Waals surface area (Å²) in [5, 5.41) is 30.2. The predicted molar refractivity (Wildman–Crippen MR) is 250 cm³/mol. The number of carboxylic acids is 2. The molecule has 0 aliphatic carbocycles. The second kappa shape index (κ2) is 19.2. The lowest BCUT2D eigenvalue weighted by atomic mass is 9.89. The molecule has 0 saturated carbocycles. The van der Waals surface area contributed by atoms with Gasteiger partial charge in [0.25, 0.3) is 5.91 Å². The van der Waals surface area contributed by atoms with Gasteiger partial charge in [-0.05, 0) is 85.7 Å². The number of hydrogen-bond donors (Lipinski definition) is 6. The number of fused-ring (bicyclic) bond motifs is 1. The summed E-state index contributed by atoms with van der Waals surface area (Å²) in [4.78, 5) is 89.7. The van der Waals surface area contributed by atoms with E-state index >= 15 is 0 Å². The number of piperidine rings is 2. The van der Waals surface area contributed by atoms with Gasteiger partial charge in [0.2, 0.25) is 27.7 Å². The van der Waals surface area contributed by atoms with E-state index in [1.54, 1.807) is 60.7 Å². The number of benzene rings is 3. The average Bonchev–Trinajstić information content (AvgIpc) is 3.77. The van der Waals surface area contributed by atoms with Crippen molar-refractivity contribution in [3.63, 3.8) is 0 Å². The van der Waals surface area contributed by atoms with Gasteiger partial charge in [0.05, 0.1) is 16.5 Å². The van der Waals surface area contributed by atoms with Gasteiger partial charge in [-0.15, -0.1) is 11.3 Å². The van der Waals surface area contributed by atoms with Crippen LogP contribution in [-0.2, 0) is 48.0 Å². The number of sulfonamides is 1. The highest BCUT2D eigenvalue weighted by atomic mass is 35.5. The first-order valence-corrected chi connectivity index (χ1v) is 24.5. The number of urea groups is 1. The molecular weight excluding hydrogens is 942 g/mol. The van der Waals surface area contributed by atoms with Crippen LogP contribution in [0, 0.1) is 5.92 Å². The maximum atomic E-state index is 14.0. The minimum atomic E-state index is -3.84. The SMILES string of the molecule is CC1(C)C[C@@H](Nc2cccc(-c3sc(C(=O)O)c(OCC(=O)O)c3Cl)c2)CCN1S(=O)(=O)Cc1cccc(NC(=O)N2CC(C(=O)NCc3cccc4c3CN(C3CCC(=O)NC3=O)C4=O)C2)c1. The molecule has 5 heterocycles. The average molecular weight is 991 g/mol. The first-order valence-electron chi connectivity index (χ1n) is 21.7. The number of anilines is 2. The summed E-state index contributed by atoms with van der Waals surface area (Å²) in [6, 6.07) is 17.6. The fourth-order valence-electron chi connectivity index (χ4n) is 9.17. The van der Waals surface area contributed by atoms with E-state index in [2.05, 4.69) is 21.3 Å². The second-order valence-corrected chi connectivity index (χ2v) is 21.0. The Hall–Kier alpha value is -6.55. The third kappa shape index (κ3) is 10.2. The second-order valence-electron chi connectivity index (χ2n) is 17.7. The van der Waals surface area contributed by atoms with Gasteiger partial charge in [-0.1, -0.05) is 48.0 Å². The van der Waals surface area contributed by atoms with Gasteiger partial charge in [-0.25, -0.2) is 22.8 Å². The highest BCUT2D eigenvalue weighted by molar-refractivity contribution is 7.88. The number of hydrogen-bond acceptors (Lipinski definition) is 12. The van der Waals surface area contributed by atoms with Crippen LogP contribution in [-0.4, -0.2) is 118 Å². The standard InChI is InChI=1S/C46H48ClN7O12S2/c1-46(2)18-31(49-30-10-4-7-26(17-30)39-37(47)38(66-23-36(56)57)40(67-39)44(61)62)14-15-54(46)68(64,65)24-25-6-3-9-29(16-25)50-45(63)52-20-28(21-52)41(58)48-19-27-8-5-11-32-33(27)22-53(43(32)60)34-12-13-35(55)51-42(34)59/h3-11,16-17,28,31,34,49H,12-15,18-24H2,1-2H3,(H,48,58)(H,50,63)(H,56,57)(H,61,62)(H,51,55,59)/t31-,34?/m0/s1. The van der Waals surface area contributed by atoms with Crippen LogP contribution >= 0.6 is 22.9 Å². The van der Waals surface area contributed by atoms with Gasteiger partial charge in [-0.2, -0.15) is 4.31 Å². The Morgan fingerprint density at radius 3 is 2.43 bits per heavy atom. The number of imide groups is 1. The molecule has 358 valence electrons. The number of ether oxygens (including phenoxy) is 1. The summed E-state index contributed by atoms with van der Waals surface area (Å²) in [5.74, 6) is -5.02. The summed E-state index contributed by atoms with van der Waals surface area (Å²) in [6.07, 6.45) is 1.32. The molecule has 22 heteroatoms. The van der Waals surface area contributed by atoms with Crippen molar-refractivity contribution in [1.29, 1.82) is 0 Å². The number of carboxylic acid groups (broad SMARTS) is 2. The normalized spacial score (nSPS) is 19.4. The van der Waals surface area contributed by atoms with Gasteiger partial charge >= 0.3 is 18.0 Å². The van der Waals surface area contributed by atoms with Crippen molar-refractivity contribution in [1.82, 2.24) is 24.7 Å². The molecule has 3 fully saturated rings. The number of amides is 6. The zero-order valence-electron chi connectivity index (χ0n) is 36.9. The molecule has 0 spiro atoms. The van der Waals surface area contributed by atoms with Crippen LogP contribution in [0.4, 0.5) is 16.2 Å². The highest BCUT2D eigenvalue weighted by Crippen LogP contribution is 2.46. The Balaban J connectivity index is 0.816. The van der Waals surface area contributed by atoms with E-state index in [4.69, 9.17) is 21.4 Å². The van der Waals surface area contributed by atoms with Crippen LogP contribution in [0.5, 0.6) is 5.75 Å². The summed E-state index contributed by atoms with van der Waals surface area (Å²) in [6.45, 7) is 3.83. The number of halogens is 1. The highest BCUT2D eigenvalue weighted by Gasteiger charge is 2.43. The third-order valence-electron chi connectivity index (χ3n) is 12.5. The van der Waals surface area contributed by atoms with Gasteiger partial charge in [0.1, 0.15) is 11.1 Å². The fraction of sp³-hybridized carbons (Fsp3) is 0.370. The Bertz CT molecular complexity index is 2850. The Morgan fingerprint density at radius 1 is 0.971 bits per heavy atom. The van der Waals surface area contributed by atoms with Crippen molar-refractivity contribution in [3.8, 4) is 16.2 Å². The van der Waals surface area contributed by atoms with Crippen molar-refractivity contribution in [3.05, 3.63) is 98.9 Å². The summed E-state index contributed by atoms with van der Waals surface area (Å²) >= 11 is 7.38. The molecule has 0 radical (unpaired) electrons. The van der Waals surface area contributed by atoms with Crippen LogP contribution in [0.2, 0.25) is 5.02 Å². The lowest BCUT2D eigenvalue weighted by Crippen LogP contribution is -2.56. The number of nitrogens with one attached hydrogen (secondary N) is 4. The quantitative estimate of drug-likeness (QED) is 0.0863. The topological polar surface area (TPSA) is 261 Å². The molecule has 4 aromatic rings. The fourth-order valence-corrected chi connectivity index (χ4v) is 12.5. The van der Waals surface area contributed by atoms with Crippen molar-refractivity contribution in [2.45, 2.75) is 76.0 Å². The molecule has 8 rings (SSSR count). The molecule has 6 amide bonds. The van der Waals surface area contributed by atoms with Gasteiger partial charge in [0.15, 0.2) is 17.2 Å². The maximum absolute atomic E-state index is 14.0. The van der Waals surface area contributed by atoms with E-state index in [0.717, 1.165) is 16.9 Å². The number of carbonyl (C=O) groups excluding carboxylic acids is 5. The number of nitrogens with zero attached hydrogens (tertiary/aromatic N) is 3. The number of likely N-dealkylation sites (tertiary alicyclic amines) is 1. The Labute approximate surface area is 399 Å². The predicted octanol–water partition coefficient (Wildman–Crippen LogP) is 4.96. The molecule has 1 aromatic heterocycles. The largest absolute Gasteiger partial charge is 0.479 e. The van der Waals surface area contributed by atoms with E-state index in [-0.39, 0.29) is 90.7 Å². The lowest BCUT2D eigenvalue weighted by molar-refractivity contribution is -0.139. The Kier molecular flexibility index (Phi) is 13.5. The number of rotatable bonds is 15. The van der Waals surface area contributed by atoms with Gasteiger partial charge in [0, 0.05) is 67.7 Å². The van der Waals surface area contributed by atoms with Crippen LogP contribution < -0.4 is 26.0 Å². The minimum absolute atomic E-state index is 0.0137. The molecular formula is C46H48ClN7O12S2. The summed E-state index contributed by atoms with van der Waals surface area (Å²) in [5.41, 5.74) is 3.23. The third-order valence-corrected chi connectivity index (χ3v) is 16.2. The molecule has 3 aromatic carbocycles. The van der Waals surface area contributed by atoms with Crippen LogP contribution in [0.25, 0.3) is 10.4 Å². The molecule has 19 nitrogen and oxygen atoms in total. The Morgan fingerprint density at radius 2 is 1.71 bits per heavy atom. The molecule has 4 aliphatic heterocycles. The number of carbonyl (C=O) groups is 7. The molecule has 6 N–H and O–H groups in total. The number of aromatic carboxylic acids is 1. The zero-order chi connectivity index (χ0) is 48.7. The van der Waals surface area contributed by atoms with Crippen LogP contribution in [0.1, 0.15) is 76.3 Å².